The molecule has 0 fully saturated rings. The summed E-state index contributed by atoms with van der Waals surface area (Å²) in [4.78, 5) is 24.5. The van der Waals surface area contributed by atoms with Crippen molar-refractivity contribution in [2.45, 2.75) is 0 Å². The maximum Gasteiger partial charge on any atom is 0.241 e. The fourth-order valence-corrected chi connectivity index (χ4v) is 0.810. The predicted octanol–water partition coefficient (Wildman–Crippen LogP) is 0.393. The molecule has 13 heavy (non-hydrogen) atoms. The number of primary amides is 1. The summed E-state index contributed by atoms with van der Waals surface area (Å²) in [5, 5.41) is 0. The minimum absolute atomic E-state index is 0.464. The minimum atomic E-state index is -0.531. The molecule has 0 aliphatic heterocycles. The van der Waals surface area contributed by atoms with Crippen LogP contribution in [0.25, 0.3) is 6.08 Å². The number of aromatic nitrogens is 1. The van der Waals surface area contributed by atoms with Crippen molar-refractivity contribution >= 4 is 18.3 Å². The molecule has 0 saturated carbocycles. The third-order valence-corrected chi connectivity index (χ3v) is 1.36. The summed E-state index contributed by atoms with van der Waals surface area (Å²) in [5.41, 5.74) is 6.03. The number of amides is 1. The largest absolute Gasteiger partial charge is 0.366 e. The highest BCUT2D eigenvalue weighted by Gasteiger charge is 1.92. The number of rotatable bonds is 3. The Balaban J connectivity index is 2.89. The van der Waals surface area contributed by atoms with Crippen LogP contribution in [-0.2, 0) is 4.79 Å². The summed E-state index contributed by atoms with van der Waals surface area (Å²) < 4.78 is 0. The Morgan fingerprint density at radius 2 is 2.08 bits per heavy atom. The average Bonchev–Trinajstić information content (AvgIpc) is 2.15. The lowest BCUT2D eigenvalue weighted by Crippen LogP contribution is -2.05. The molecule has 0 aromatic carbocycles. The van der Waals surface area contributed by atoms with Crippen LogP contribution in [0.4, 0.5) is 0 Å². The van der Waals surface area contributed by atoms with E-state index in [0.29, 0.717) is 17.4 Å². The highest BCUT2D eigenvalue weighted by Crippen LogP contribution is 2.02. The van der Waals surface area contributed by atoms with E-state index in [9.17, 15) is 9.59 Å². The van der Waals surface area contributed by atoms with Crippen molar-refractivity contribution in [3.8, 4) is 0 Å². The first-order valence-electron chi connectivity index (χ1n) is 3.60. The molecule has 0 aliphatic carbocycles. The number of hydrogen-bond donors (Lipinski definition) is 1. The molecule has 1 aromatic heterocycles. The van der Waals surface area contributed by atoms with Gasteiger partial charge in [0.2, 0.25) is 5.91 Å². The van der Waals surface area contributed by atoms with Crippen LogP contribution in [0.3, 0.4) is 0 Å². The van der Waals surface area contributed by atoms with Gasteiger partial charge >= 0.3 is 0 Å². The molecule has 1 heterocycles. The molecule has 4 heteroatoms. The third kappa shape index (κ3) is 2.86. The first kappa shape index (κ1) is 9.12. The van der Waals surface area contributed by atoms with Gasteiger partial charge in [-0.1, -0.05) is 0 Å². The van der Waals surface area contributed by atoms with E-state index in [4.69, 9.17) is 5.73 Å². The Morgan fingerprint density at radius 1 is 1.38 bits per heavy atom. The maximum absolute atomic E-state index is 10.4. The Labute approximate surface area is 75.1 Å². The zero-order valence-electron chi connectivity index (χ0n) is 6.81. The summed E-state index contributed by atoms with van der Waals surface area (Å²) in [7, 11) is 0. The fraction of sp³-hybridized carbons (Fsp3) is 0. The lowest BCUT2D eigenvalue weighted by atomic mass is 10.2. The van der Waals surface area contributed by atoms with E-state index in [-0.39, 0.29) is 0 Å². The normalized spacial score (nSPS) is 10.2. The van der Waals surface area contributed by atoms with Crippen molar-refractivity contribution in [2.75, 3.05) is 0 Å². The Kier molecular flexibility index (Phi) is 2.92. The van der Waals surface area contributed by atoms with Crippen molar-refractivity contribution in [3.63, 3.8) is 0 Å². The van der Waals surface area contributed by atoms with E-state index in [0.717, 1.165) is 0 Å². The molecule has 0 saturated heterocycles. The van der Waals surface area contributed by atoms with Crippen LogP contribution >= 0.6 is 0 Å². The summed E-state index contributed by atoms with van der Waals surface area (Å²) in [6, 6.07) is 1.61. The SMILES string of the molecule is NC(=O)C=Cc1cncc(C=O)c1. The zero-order chi connectivity index (χ0) is 9.68. The molecule has 2 N–H and O–H groups in total. The molecule has 1 rings (SSSR count). The molecular weight excluding hydrogens is 168 g/mol. The number of nitrogens with two attached hydrogens (primary N) is 1. The summed E-state index contributed by atoms with van der Waals surface area (Å²) >= 11 is 0. The molecule has 66 valence electrons. The van der Waals surface area contributed by atoms with E-state index >= 15 is 0 Å². The second kappa shape index (κ2) is 4.15. The van der Waals surface area contributed by atoms with Crippen molar-refractivity contribution < 1.29 is 9.59 Å². The number of nitrogens with zero attached hydrogens (tertiary/aromatic N) is 1. The fourth-order valence-electron chi connectivity index (χ4n) is 0.810. The molecule has 0 spiro atoms. The van der Waals surface area contributed by atoms with Gasteiger partial charge in [-0.3, -0.25) is 14.6 Å². The molecular formula is C9H8N2O2. The number of pyridine rings is 1. The molecule has 0 radical (unpaired) electrons. The van der Waals surface area contributed by atoms with E-state index in [1.165, 1.54) is 24.5 Å². The highest BCUT2D eigenvalue weighted by molar-refractivity contribution is 5.90. The maximum atomic E-state index is 10.4. The molecule has 4 nitrogen and oxygen atoms in total. The van der Waals surface area contributed by atoms with Crippen LogP contribution in [0, 0.1) is 0 Å². The van der Waals surface area contributed by atoms with E-state index in [1.807, 2.05) is 0 Å². The van der Waals surface area contributed by atoms with Gasteiger partial charge in [-0.05, 0) is 17.7 Å². The van der Waals surface area contributed by atoms with Gasteiger partial charge < -0.3 is 5.73 Å². The van der Waals surface area contributed by atoms with Crippen LogP contribution in [0.5, 0.6) is 0 Å². The van der Waals surface area contributed by atoms with Gasteiger partial charge in [0.05, 0.1) is 0 Å². The van der Waals surface area contributed by atoms with E-state index in [2.05, 4.69) is 4.98 Å². The van der Waals surface area contributed by atoms with Crippen molar-refractivity contribution in [1.82, 2.24) is 4.98 Å². The van der Waals surface area contributed by atoms with Gasteiger partial charge in [-0.15, -0.1) is 0 Å². The van der Waals surface area contributed by atoms with Crippen molar-refractivity contribution in [2.24, 2.45) is 5.73 Å². The second-order valence-corrected chi connectivity index (χ2v) is 2.41. The van der Waals surface area contributed by atoms with Gasteiger partial charge in [0, 0.05) is 24.0 Å². The average molecular weight is 176 g/mol. The van der Waals surface area contributed by atoms with Gasteiger partial charge in [-0.2, -0.15) is 0 Å². The number of carbonyl (C=O) groups is 2. The first-order chi connectivity index (χ1) is 6.22. The number of aldehydes is 1. The summed E-state index contributed by atoms with van der Waals surface area (Å²) in [5.74, 6) is -0.531. The third-order valence-electron chi connectivity index (χ3n) is 1.36. The Morgan fingerprint density at radius 3 is 2.69 bits per heavy atom. The lowest BCUT2D eigenvalue weighted by Gasteiger charge is -1.92. The van der Waals surface area contributed by atoms with Gasteiger partial charge in [0.1, 0.15) is 0 Å². The van der Waals surface area contributed by atoms with E-state index in [1.54, 1.807) is 6.07 Å². The Hall–Kier alpha value is -1.97. The molecule has 0 aliphatic rings. The highest BCUT2D eigenvalue weighted by atomic mass is 16.1. The van der Waals surface area contributed by atoms with Gasteiger partial charge in [-0.25, -0.2) is 0 Å². The number of carbonyl (C=O) groups excluding carboxylic acids is 2. The first-order valence-corrected chi connectivity index (χ1v) is 3.60. The summed E-state index contributed by atoms with van der Waals surface area (Å²) in [6.07, 6.45) is 6.38. The van der Waals surface area contributed by atoms with Crippen molar-refractivity contribution in [1.29, 1.82) is 0 Å². The summed E-state index contributed by atoms with van der Waals surface area (Å²) in [6.45, 7) is 0. The van der Waals surface area contributed by atoms with Crippen LogP contribution in [0.15, 0.2) is 24.5 Å². The zero-order valence-corrected chi connectivity index (χ0v) is 6.81. The number of hydrogen-bond acceptors (Lipinski definition) is 3. The minimum Gasteiger partial charge on any atom is -0.366 e. The van der Waals surface area contributed by atoms with Gasteiger partial charge in [0.25, 0.3) is 0 Å². The second-order valence-electron chi connectivity index (χ2n) is 2.41. The monoisotopic (exact) mass is 176 g/mol. The van der Waals surface area contributed by atoms with Crippen LogP contribution < -0.4 is 5.73 Å². The molecule has 1 aromatic rings. The predicted molar refractivity (Wildman–Crippen MR) is 47.9 cm³/mol. The smallest absolute Gasteiger partial charge is 0.241 e. The van der Waals surface area contributed by atoms with E-state index < -0.39 is 5.91 Å². The molecule has 1 amide bonds. The topological polar surface area (TPSA) is 73.1 Å². The van der Waals surface area contributed by atoms with Crippen LogP contribution in [0.2, 0.25) is 0 Å². The quantitative estimate of drug-likeness (QED) is 0.535. The Bertz CT molecular complexity index is 358. The van der Waals surface area contributed by atoms with Crippen LogP contribution in [0.1, 0.15) is 15.9 Å². The standard InChI is InChI=1S/C9H8N2O2/c10-9(13)2-1-7-3-8(6-12)5-11-4-7/h1-6H,(H2,10,13). The molecule has 0 unspecified atom stereocenters. The lowest BCUT2D eigenvalue weighted by molar-refractivity contribution is -0.113. The van der Waals surface area contributed by atoms with Crippen molar-refractivity contribution in [3.05, 3.63) is 35.7 Å². The molecule has 0 bridgehead atoms. The molecule has 0 atom stereocenters. The van der Waals surface area contributed by atoms with Gasteiger partial charge in [0.15, 0.2) is 6.29 Å². The van der Waals surface area contributed by atoms with Crippen LogP contribution in [-0.4, -0.2) is 17.2 Å².